The summed E-state index contributed by atoms with van der Waals surface area (Å²) in [4.78, 5) is 27.7. The fourth-order valence-corrected chi connectivity index (χ4v) is 2.12. The molecule has 1 saturated heterocycles. The first-order valence-electron chi connectivity index (χ1n) is 5.76. The van der Waals surface area contributed by atoms with Crippen LogP contribution in [0.4, 0.5) is 0 Å². The number of rotatable bonds is 3. The molecule has 6 nitrogen and oxygen atoms in total. The number of fused-ring (bicyclic) bond motifs is 1. The number of Topliss-reactive ketones (excluding diaryl/α,β-unsaturated/α-hetero) is 1. The fourth-order valence-electron chi connectivity index (χ4n) is 2.12. The maximum atomic E-state index is 12.3. The number of carboxylic acid groups (broad SMARTS) is 1. The van der Waals surface area contributed by atoms with Gasteiger partial charge < -0.3 is 14.3 Å². The van der Waals surface area contributed by atoms with Gasteiger partial charge in [0.05, 0.1) is 13.2 Å². The molecule has 3 rings (SSSR count). The van der Waals surface area contributed by atoms with Crippen LogP contribution >= 0.6 is 0 Å². The number of nitrogens with zero attached hydrogens (tertiary/aromatic N) is 1. The van der Waals surface area contributed by atoms with Gasteiger partial charge in [0.1, 0.15) is 5.52 Å². The van der Waals surface area contributed by atoms with E-state index in [0.29, 0.717) is 22.6 Å². The number of oxazole rings is 1. The number of carbonyl (C=O) groups is 2. The molecule has 1 aliphatic heterocycles. The van der Waals surface area contributed by atoms with Gasteiger partial charge in [-0.05, 0) is 18.2 Å². The molecule has 2 aromatic rings. The minimum atomic E-state index is -1.45. The zero-order valence-corrected chi connectivity index (χ0v) is 10.2. The summed E-state index contributed by atoms with van der Waals surface area (Å²) in [5.74, 6) is -1.10. The molecule has 1 fully saturated rings. The van der Waals surface area contributed by atoms with E-state index in [9.17, 15) is 14.7 Å². The maximum absolute atomic E-state index is 12.3. The summed E-state index contributed by atoms with van der Waals surface area (Å²) in [6, 6.07) is 4.73. The zero-order valence-electron chi connectivity index (χ0n) is 10.2. The van der Waals surface area contributed by atoms with Crippen molar-refractivity contribution in [1.82, 2.24) is 4.98 Å². The maximum Gasteiger partial charge on any atom is 0.322 e. The van der Waals surface area contributed by atoms with Gasteiger partial charge in [0.2, 0.25) is 0 Å². The van der Waals surface area contributed by atoms with Gasteiger partial charge in [0.25, 0.3) is 0 Å². The van der Waals surface area contributed by atoms with Gasteiger partial charge in [-0.15, -0.1) is 0 Å². The predicted octanol–water partition coefficient (Wildman–Crippen LogP) is 1.42. The number of hydrogen-bond acceptors (Lipinski definition) is 5. The van der Waals surface area contributed by atoms with Gasteiger partial charge in [-0.25, -0.2) is 4.98 Å². The SMILES string of the molecule is Cc1nc2cc(C(=O)C3(C(=O)O)COC3)ccc2o1. The van der Waals surface area contributed by atoms with Crippen LogP contribution < -0.4 is 0 Å². The molecular weight excluding hydrogens is 250 g/mol. The smallest absolute Gasteiger partial charge is 0.322 e. The van der Waals surface area contributed by atoms with Crippen molar-refractivity contribution in [3.05, 3.63) is 29.7 Å². The van der Waals surface area contributed by atoms with Gasteiger partial charge in [0, 0.05) is 12.5 Å². The van der Waals surface area contributed by atoms with Crippen molar-refractivity contribution < 1.29 is 23.8 Å². The van der Waals surface area contributed by atoms with Crippen molar-refractivity contribution in [2.75, 3.05) is 13.2 Å². The third-order valence-corrected chi connectivity index (χ3v) is 3.30. The van der Waals surface area contributed by atoms with Gasteiger partial charge in [-0.3, -0.25) is 9.59 Å². The van der Waals surface area contributed by atoms with Crippen molar-refractivity contribution in [2.45, 2.75) is 6.92 Å². The molecule has 1 aliphatic rings. The summed E-state index contributed by atoms with van der Waals surface area (Å²) >= 11 is 0. The van der Waals surface area contributed by atoms with Crippen molar-refractivity contribution >= 4 is 22.9 Å². The molecule has 2 heterocycles. The quantitative estimate of drug-likeness (QED) is 0.663. The molecule has 0 radical (unpaired) electrons. The zero-order chi connectivity index (χ0) is 13.6. The van der Waals surface area contributed by atoms with Crippen LogP contribution in [0.1, 0.15) is 16.2 Å². The average Bonchev–Trinajstić information content (AvgIpc) is 2.65. The number of benzene rings is 1. The number of aromatic nitrogens is 1. The third kappa shape index (κ3) is 1.64. The summed E-state index contributed by atoms with van der Waals surface area (Å²) in [5.41, 5.74) is -0.0224. The number of aliphatic carboxylic acids is 1. The highest BCUT2D eigenvalue weighted by Gasteiger charge is 2.53. The van der Waals surface area contributed by atoms with E-state index in [1.807, 2.05) is 0 Å². The van der Waals surface area contributed by atoms with E-state index in [-0.39, 0.29) is 13.2 Å². The number of hydrogen-bond donors (Lipinski definition) is 1. The predicted molar refractivity (Wildman–Crippen MR) is 64.0 cm³/mol. The highest BCUT2D eigenvalue weighted by molar-refractivity contribution is 6.13. The molecule has 19 heavy (non-hydrogen) atoms. The summed E-state index contributed by atoms with van der Waals surface area (Å²) in [6.07, 6.45) is 0. The van der Waals surface area contributed by atoms with Crippen molar-refractivity contribution in [3.8, 4) is 0 Å². The Labute approximate surface area is 108 Å². The van der Waals surface area contributed by atoms with E-state index in [1.165, 1.54) is 0 Å². The first kappa shape index (κ1) is 11.9. The topological polar surface area (TPSA) is 89.6 Å². The van der Waals surface area contributed by atoms with Gasteiger partial charge in [-0.2, -0.15) is 0 Å². The van der Waals surface area contributed by atoms with E-state index in [4.69, 9.17) is 9.15 Å². The van der Waals surface area contributed by atoms with E-state index >= 15 is 0 Å². The lowest BCUT2D eigenvalue weighted by molar-refractivity contribution is -0.168. The second kappa shape index (κ2) is 3.89. The Morgan fingerprint density at radius 2 is 2.11 bits per heavy atom. The molecule has 0 amide bonds. The van der Waals surface area contributed by atoms with E-state index in [1.54, 1.807) is 25.1 Å². The Morgan fingerprint density at radius 1 is 1.37 bits per heavy atom. The van der Waals surface area contributed by atoms with E-state index < -0.39 is 17.2 Å². The molecule has 0 unspecified atom stereocenters. The molecule has 98 valence electrons. The van der Waals surface area contributed by atoms with Crippen LogP contribution in [0.5, 0.6) is 0 Å². The normalized spacial score (nSPS) is 17.1. The monoisotopic (exact) mass is 261 g/mol. The van der Waals surface area contributed by atoms with Gasteiger partial charge >= 0.3 is 5.97 Å². The second-order valence-corrected chi connectivity index (χ2v) is 4.62. The molecule has 1 aromatic carbocycles. The minimum absolute atomic E-state index is 0.0863. The van der Waals surface area contributed by atoms with Crippen LogP contribution in [-0.2, 0) is 9.53 Å². The summed E-state index contributed by atoms with van der Waals surface area (Å²) < 4.78 is 10.2. The Kier molecular flexibility index (Phi) is 2.43. The Bertz CT molecular complexity index is 683. The summed E-state index contributed by atoms with van der Waals surface area (Å²) in [6.45, 7) is 1.54. The first-order valence-corrected chi connectivity index (χ1v) is 5.76. The molecule has 6 heteroatoms. The number of ether oxygens (including phenoxy) is 1. The van der Waals surface area contributed by atoms with Gasteiger partial charge in [-0.1, -0.05) is 0 Å². The van der Waals surface area contributed by atoms with Crippen molar-refractivity contribution in [3.63, 3.8) is 0 Å². The Balaban J connectivity index is 2.04. The summed E-state index contributed by atoms with van der Waals surface area (Å²) in [5, 5.41) is 9.20. The van der Waals surface area contributed by atoms with Gasteiger partial charge in [0.15, 0.2) is 22.7 Å². The lowest BCUT2D eigenvalue weighted by Gasteiger charge is -2.35. The summed E-state index contributed by atoms with van der Waals surface area (Å²) in [7, 11) is 0. The van der Waals surface area contributed by atoms with Crippen LogP contribution in [-0.4, -0.2) is 35.1 Å². The molecule has 0 atom stereocenters. The Morgan fingerprint density at radius 3 is 2.68 bits per heavy atom. The molecule has 1 N–H and O–H groups in total. The lowest BCUT2D eigenvalue weighted by Crippen LogP contribution is -2.54. The standard InChI is InChI=1S/C13H11NO5/c1-7-14-9-4-8(2-3-10(9)19-7)11(15)13(12(16)17)5-18-6-13/h2-4H,5-6H2,1H3,(H,16,17). The van der Waals surface area contributed by atoms with Crippen LogP contribution in [0, 0.1) is 12.3 Å². The highest BCUT2D eigenvalue weighted by atomic mass is 16.5. The molecule has 0 bridgehead atoms. The lowest BCUT2D eigenvalue weighted by atomic mass is 9.78. The van der Waals surface area contributed by atoms with Crippen LogP contribution in [0.3, 0.4) is 0 Å². The van der Waals surface area contributed by atoms with E-state index in [2.05, 4.69) is 4.98 Å². The number of aryl methyl sites for hydroxylation is 1. The largest absolute Gasteiger partial charge is 0.480 e. The minimum Gasteiger partial charge on any atom is -0.480 e. The first-order chi connectivity index (χ1) is 9.03. The highest BCUT2D eigenvalue weighted by Crippen LogP contribution is 2.33. The molecule has 0 spiro atoms. The van der Waals surface area contributed by atoms with Crippen LogP contribution in [0.2, 0.25) is 0 Å². The van der Waals surface area contributed by atoms with Crippen molar-refractivity contribution in [2.24, 2.45) is 5.41 Å². The van der Waals surface area contributed by atoms with Crippen LogP contribution in [0.25, 0.3) is 11.1 Å². The van der Waals surface area contributed by atoms with E-state index in [0.717, 1.165) is 0 Å². The second-order valence-electron chi connectivity index (χ2n) is 4.62. The Hall–Kier alpha value is -2.21. The number of carbonyl (C=O) groups excluding carboxylic acids is 1. The van der Waals surface area contributed by atoms with Crippen molar-refractivity contribution in [1.29, 1.82) is 0 Å². The third-order valence-electron chi connectivity index (χ3n) is 3.30. The number of ketones is 1. The molecule has 0 saturated carbocycles. The molecule has 0 aliphatic carbocycles. The number of carboxylic acids is 1. The van der Waals surface area contributed by atoms with Crippen LogP contribution in [0.15, 0.2) is 22.6 Å². The fraction of sp³-hybridized carbons (Fsp3) is 0.308. The average molecular weight is 261 g/mol. The molecule has 1 aromatic heterocycles. The molecular formula is C13H11NO5.